The fourth-order valence-corrected chi connectivity index (χ4v) is 1.34. The van der Waals surface area contributed by atoms with Crippen molar-refractivity contribution in [2.75, 3.05) is 5.73 Å². The van der Waals surface area contributed by atoms with Crippen molar-refractivity contribution in [1.82, 2.24) is 0 Å². The number of halogens is 3. The van der Waals surface area contributed by atoms with Gasteiger partial charge in [-0.1, -0.05) is 15.9 Å². The lowest BCUT2D eigenvalue weighted by atomic mass is 10.2. The predicted molar refractivity (Wildman–Crippen MR) is 50.5 cm³/mol. The van der Waals surface area contributed by atoms with Gasteiger partial charge in [-0.2, -0.15) is 0 Å². The highest BCUT2D eigenvalue weighted by molar-refractivity contribution is 9.10. The summed E-state index contributed by atoms with van der Waals surface area (Å²) in [6.07, 6.45) is 0. The molecule has 0 aromatic heterocycles. The van der Waals surface area contributed by atoms with E-state index in [1.807, 2.05) is 0 Å². The van der Waals surface area contributed by atoms with Gasteiger partial charge in [0.05, 0.1) is 5.69 Å². The first-order chi connectivity index (χ1) is 4.61. The molecule has 0 heterocycles. The number of aryl methyl sites for hydroxylation is 1. The van der Waals surface area contributed by atoms with E-state index < -0.39 is 0 Å². The molecule has 0 saturated heterocycles. The Hall–Kier alpha value is -0.280. The Balaban J connectivity index is 0.000001000. The van der Waals surface area contributed by atoms with E-state index in [1.165, 1.54) is 0 Å². The second-order valence-corrected chi connectivity index (χ2v) is 3.04. The number of nitrogens with two attached hydrogens (primary N) is 1. The zero-order valence-electron chi connectivity index (χ0n) is 5.90. The molecule has 0 radical (unpaired) electrons. The zero-order valence-corrected chi connectivity index (χ0v) is 8.30. The number of benzene rings is 1. The molecule has 0 amide bonds. The van der Waals surface area contributed by atoms with E-state index in [-0.39, 0.29) is 23.9 Å². The third-order valence-electron chi connectivity index (χ3n) is 1.25. The van der Waals surface area contributed by atoms with Crippen molar-refractivity contribution in [2.45, 2.75) is 6.92 Å². The molecule has 0 bridgehead atoms. The number of anilines is 1. The lowest BCUT2D eigenvalue weighted by molar-refractivity contribution is 0.623. The maximum absolute atomic E-state index is 12.8. The summed E-state index contributed by atoms with van der Waals surface area (Å²) >= 11 is 3.20. The van der Waals surface area contributed by atoms with Crippen molar-refractivity contribution in [3.8, 4) is 0 Å². The number of hydrogen-bond acceptors (Lipinski definition) is 1. The highest BCUT2D eigenvalue weighted by Crippen LogP contribution is 2.20. The third-order valence-corrected chi connectivity index (χ3v) is 1.71. The molecule has 0 atom stereocenters. The second-order valence-electron chi connectivity index (χ2n) is 2.13. The van der Waals surface area contributed by atoms with Crippen molar-refractivity contribution >= 4 is 34.0 Å². The molecule has 0 spiro atoms. The fraction of sp³-hybridized carbons (Fsp3) is 0.143. The summed E-state index contributed by atoms with van der Waals surface area (Å²) in [7, 11) is 0. The largest absolute Gasteiger partial charge is 0.396 e. The van der Waals surface area contributed by atoms with Gasteiger partial charge >= 0.3 is 0 Å². The van der Waals surface area contributed by atoms with Crippen LogP contribution >= 0.6 is 28.3 Å². The molecule has 1 rings (SSSR count). The van der Waals surface area contributed by atoms with Crippen molar-refractivity contribution in [1.29, 1.82) is 0 Å². The van der Waals surface area contributed by atoms with Gasteiger partial charge in [-0.05, 0) is 24.6 Å². The Kier molecular flexibility index (Phi) is 3.83. The maximum Gasteiger partial charge on any atom is 0.149 e. The normalized spacial score (nSPS) is 9.00. The molecule has 62 valence electrons. The van der Waals surface area contributed by atoms with Gasteiger partial charge in [-0.15, -0.1) is 12.4 Å². The van der Waals surface area contributed by atoms with Gasteiger partial charge in [-0.25, -0.2) is 4.39 Å². The Morgan fingerprint density at radius 1 is 1.45 bits per heavy atom. The van der Waals surface area contributed by atoms with Crippen LogP contribution in [0.3, 0.4) is 0 Å². The Labute approximate surface area is 79.3 Å². The van der Waals surface area contributed by atoms with Gasteiger partial charge < -0.3 is 5.73 Å². The molecule has 1 aromatic carbocycles. The Morgan fingerprint density at radius 2 is 2.00 bits per heavy atom. The molecule has 0 aliphatic carbocycles. The molecule has 0 aliphatic rings. The summed E-state index contributed by atoms with van der Waals surface area (Å²) in [5.74, 6) is -0.330. The number of rotatable bonds is 0. The average Bonchev–Trinajstić information content (AvgIpc) is 1.82. The summed E-state index contributed by atoms with van der Waals surface area (Å²) in [4.78, 5) is 0. The third kappa shape index (κ3) is 2.34. The number of nitrogen functional groups attached to an aromatic ring is 1. The van der Waals surface area contributed by atoms with Crippen molar-refractivity contribution in [3.63, 3.8) is 0 Å². The molecular formula is C7H8BrClFN. The van der Waals surface area contributed by atoms with Crippen molar-refractivity contribution in [3.05, 3.63) is 28.0 Å². The minimum Gasteiger partial charge on any atom is -0.396 e. The van der Waals surface area contributed by atoms with Crippen LogP contribution in [0.4, 0.5) is 10.1 Å². The van der Waals surface area contributed by atoms with Gasteiger partial charge in [-0.3, -0.25) is 0 Å². The maximum atomic E-state index is 12.8. The quantitative estimate of drug-likeness (QED) is 0.693. The summed E-state index contributed by atoms with van der Waals surface area (Å²) < 4.78 is 13.6. The Bertz CT molecular complexity index is 242. The molecule has 1 nitrogen and oxygen atoms in total. The molecule has 0 aliphatic heterocycles. The van der Waals surface area contributed by atoms with E-state index in [0.717, 1.165) is 4.47 Å². The van der Waals surface area contributed by atoms with Crippen LogP contribution in [0, 0.1) is 12.7 Å². The first kappa shape index (κ1) is 10.7. The molecule has 11 heavy (non-hydrogen) atoms. The van der Waals surface area contributed by atoms with Crippen molar-refractivity contribution in [2.24, 2.45) is 0 Å². The Morgan fingerprint density at radius 3 is 2.45 bits per heavy atom. The summed E-state index contributed by atoms with van der Waals surface area (Å²) in [6.45, 7) is 1.68. The lowest BCUT2D eigenvalue weighted by Crippen LogP contribution is -1.92. The van der Waals surface area contributed by atoms with E-state index in [1.54, 1.807) is 19.1 Å². The minimum absolute atomic E-state index is 0. The summed E-state index contributed by atoms with van der Waals surface area (Å²) in [6, 6.07) is 3.23. The molecule has 2 N–H and O–H groups in total. The lowest BCUT2D eigenvalue weighted by Gasteiger charge is -2.00. The monoisotopic (exact) mass is 239 g/mol. The van der Waals surface area contributed by atoms with E-state index in [2.05, 4.69) is 15.9 Å². The molecule has 0 unspecified atom stereocenters. The average molecular weight is 241 g/mol. The van der Waals surface area contributed by atoms with Crippen LogP contribution in [0.25, 0.3) is 0 Å². The van der Waals surface area contributed by atoms with Gasteiger partial charge in [0.15, 0.2) is 0 Å². The van der Waals surface area contributed by atoms with Gasteiger partial charge in [0, 0.05) is 4.47 Å². The van der Waals surface area contributed by atoms with Gasteiger partial charge in [0.2, 0.25) is 0 Å². The first-order valence-corrected chi connectivity index (χ1v) is 3.61. The van der Waals surface area contributed by atoms with E-state index >= 15 is 0 Å². The van der Waals surface area contributed by atoms with E-state index in [4.69, 9.17) is 5.73 Å². The minimum atomic E-state index is -0.330. The SMILES string of the molecule is Cc1cc(Br)cc(N)c1F.Cl. The van der Waals surface area contributed by atoms with E-state index in [0.29, 0.717) is 5.56 Å². The van der Waals surface area contributed by atoms with Crippen LogP contribution in [0.2, 0.25) is 0 Å². The highest BCUT2D eigenvalue weighted by Gasteiger charge is 2.01. The standard InChI is InChI=1S/C7H7BrFN.ClH/c1-4-2-5(8)3-6(10)7(4)9;/h2-3H,10H2,1H3;1H. The topological polar surface area (TPSA) is 26.0 Å². The fourth-order valence-electron chi connectivity index (χ4n) is 0.751. The van der Waals surface area contributed by atoms with Crippen LogP contribution in [0.1, 0.15) is 5.56 Å². The van der Waals surface area contributed by atoms with Gasteiger partial charge in [0.25, 0.3) is 0 Å². The molecule has 0 saturated carbocycles. The van der Waals surface area contributed by atoms with Crippen LogP contribution in [0.5, 0.6) is 0 Å². The van der Waals surface area contributed by atoms with Crippen molar-refractivity contribution < 1.29 is 4.39 Å². The molecular weight excluding hydrogens is 232 g/mol. The zero-order chi connectivity index (χ0) is 7.72. The molecule has 1 aromatic rings. The number of hydrogen-bond donors (Lipinski definition) is 1. The van der Waals surface area contributed by atoms with Crippen LogP contribution in [-0.4, -0.2) is 0 Å². The van der Waals surface area contributed by atoms with E-state index in [9.17, 15) is 4.39 Å². The molecule has 0 fully saturated rings. The van der Waals surface area contributed by atoms with Crippen LogP contribution in [0.15, 0.2) is 16.6 Å². The highest BCUT2D eigenvalue weighted by atomic mass is 79.9. The van der Waals surface area contributed by atoms with Gasteiger partial charge in [0.1, 0.15) is 5.82 Å². The summed E-state index contributed by atoms with van der Waals surface area (Å²) in [5.41, 5.74) is 6.07. The summed E-state index contributed by atoms with van der Waals surface area (Å²) in [5, 5.41) is 0. The molecule has 4 heteroatoms. The second kappa shape index (κ2) is 3.93. The van der Waals surface area contributed by atoms with Crippen LogP contribution in [-0.2, 0) is 0 Å². The van der Waals surface area contributed by atoms with Crippen LogP contribution < -0.4 is 5.73 Å². The smallest absolute Gasteiger partial charge is 0.149 e. The first-order valence-electron chi connectivity index (χ1n) is 2.82. The predicted octanol–water partition coefficient (Wildman–Crippen LogP) is 2.90.